The van der Waals surface area contributed by atoms with Crippen LogP contribution in [-0.4, -0.2) is 48.2 Å². The predicted octanol–water partition coefficient (Wildman–Crippen LogP) is 2.42. The summed E-state index contributed by atoms with van der Waals surface area (Å²) in [4.78, 5) is 10.5. The number of nitrogens with one attached hydrogen (secondary N) is 1. The van der Waals surface area contributed by atoms with E-state index in [0.29, 0.717) is 16.7 Å². The van der Waals surface area contributed by atoms with E-state index in [0.717, 1.165) is 19.1 Å². The van der Waals surface area contributed by atoms with E-state index in [2.05, 4.69) is 27.2 Å². The fourth-order valence-electron chi connectivity index (χ4n) is 2.54. The first-order chi connectivity index (χ1) is 9.22. The van der Waals surface area contributed by atoms with Crippen LogP contribution in [0.4, 0.5) is 5.82 Å². The van der Waals surface area contributed by atoms with Crippen LogP contribution < -0.4 is 10.1 Å². The molecular formula is C13H21ClN4O. The van der Waals surface area contributed by atoms with E-state index in [9.17, 15) is 0 Å². The van der Waals surface area contributed by atoms with Gasteiger partial charge >= 0.3 is 0 Å². The van der Waals surface area contributed by atoms with Gasteiger partial charge in [-0.05, 0) is 19.9 Å². The first kappa shape index (κ1) is 14.3. The lowest BCUT2D eigenvalue weighted by Crippen LogP contribution is -2.33. The SMILES string of the molecule is COc1c(Cl)ncnc1NCCN(C)C1CCCC1. The average molecular weight is 285 g/mol. The summed E-state index contributed by atoms with van der Waals surface area (Å²) in [5, 5.41) is 3.59. The molecule has 2 rings (SSSR count). The third-order valence-corrected chi connectivity index (χ3v) is 3.94. The van der Waals surface area contributed by atoms with Crippen LogP contribution in [0.5, 0.6) is 5.75 Å². The van der Waals surface area contributed by atoms with Crippen molar-refractivity contribution >= 4 is 17.4 Å². The third kappa shape index (κ3) is 3.70. The minimum atomic E-state index is 0.337. The quantitative estimate of drug-likeness (QED) is 0.813. The number of halogens is 1. The zero-order valence-corrected chi connectivity index (χ0v) is 12.3. The molecule has 1 heterocycles. The Labute approximate surface area is 119 Å². The molecule has 6 heteroatoms. The largest absolute Gasteiger partial charge is 0.490 e. The highest BCUT2D eigenvalue weighted by Gasteiger charge is 2.19. The monoisotopic (exact) mass is 284 g/mol. The molecule has 0 saturated heterocycles. The van der Waals surface area contributed by atoms with Gasteiger partial charge in [-0.3, -0.25) is 0 Å². The predicted molar refractivity (Wildman–Crippen MR) is 77.0 cm³/mol. The van der Waals surface area contributed by atoms with E-state index in [1.54, 1.807) is 7.11 Å². The number of likely N-dealkylation sites (N-methyl/N-ethyl adjacent to an activating group) is 1. The Morgan fingerprint density at radius 1 is 1.42 bits per heavy atom. The summed E-state index contributed by atoms with van der Waals surface area (Å²) in [6.45, 7) is 1.80. The highest BCUT2D eigenvalue weighted by molar-refractivity contribution is 6.31. The van der Waals surface area contributed by atoms with E-state index in [1.165, 1.54) is 32.0 Å². The zero-order valence-electron chi connectivity index (χ0n) is 11.5. The van der Waals surface area contributed by atoms with Crippen molar-refractivity contribution in [1.29, 1.82) is 0 Å². The molecule has 1 aromatic rings. The number of rotatable bonds is 6. The molecule has 1 aromatic heterocycles. The number of nitrogens with zero attached hydrogens (tertiary/aromatic N) is 3. The van der Waals surface area contributed by atoms with Crippen molar-refractivity contribution in [3.8, 4) is 5.75 Å². The molecule has 19 heavy (non-hydrogen) atoms. The molecule has 0 amide bonds. The van der Waals surface area contributed by atoms with Gasteiger partial charge in [0.2, 0.25) is 0 Å². The summed E-state index contributed by atoms with van der Waals surface area (Å²) >= 11 is 5.95. The molecule has 1 saturated carbocycles. The molecule has 0 atom stereocenters. The average Bonchev–Trinajstić information content (AvgIpc) is 2.93. The van der Waals surface area contributed by atoms with Crippen molar-refractivity contribution in [2.24, 2.45) is 0 Å². The summed E-state index contributed by atoms with van der Waals surface area (Å²) in [5.41, 5.74) is 0. The van der Waals surface area contributed by atoms with Crippen molar-refractivity contribution in [3.63, 3.8) is 0 Å². The Morgan fingerprint density at radius 3 is 2.84 bits per heavy atom. The van der Waals surface area contributed by atoms with Crippen LogP contribution >= 0.6 is 11.6 Å². The summed E-state index contributed by atoms with van der Waals surface area (Å²) in [5.74, 6) is 1.16. The molecule has 0 spiro atoms. The molecule has 106 valence electrons. The van der Waals surface area contributed by atoms with E-state index >= 15 is 0 Å². The van der Waals surface area contributed by atoms with Gasteiger partial charge in [-0.15, -0.1) is 0 Å². The Balaban J connectivity index is 1.83. The minimum Gasteiger partial charge on any atom is -0.490 e. The molecule has 1 N–H and O–H groups in total. The lowest BCUT2D eigenvalue weighted by atomic mass is 10.2. The number of methoxy groups -OCH3 is 1. The van der Waals surface area contributed by atoms with Crippen LogP contribution in [0.2, 0.25) is 5.15 Å². The van der Waals surface area contributed by atoms with Gasteiger partial charge in [0.25, 0.3) is 0 Å². The fraction of sp³-hybridized carbons (Fsp3) is 0.692. The first-order valence-electron chi connectivity index (χ1n) is 6.71. The maximum absolute atomic E-state index is 5.95. The van der Waals surface area contributed by atoms with Gasteiger partial charge in [-0.2, -0.15) is 0 Å². The van der Waals surface area contributed by atoms with Crippen LogP contribution in [0.3, 0.4) is 0 Å². The normalized spacial score (nSPS) is 16.0. The second kappa shape index (κ2) is 6.91. The molecule has 0 radical (unpaired) electrons. The van der Waals surface area contributed by atoms with Crippen LogP contribution in [0.25, 0.3) is 0 Å². The maximum atomic E-state index is 5.95. The number of anilines is 1. The van der Waals surface area contributed by atoms with Gasteiger partial charge in [0.15, 0.2) is 16.7 Å². The minimum absolute atomic E-state index is 0.337. The summed E-state index contributed by atoms with van der Waals surface area (Å²) in [6, 6.07) is 0.734. The van der Waals surface area contributed by atoms with E-state index in [-0.39, 0.29) is 0 Å². The highest BCUT2D eigenvalue weighted by Crippen LogP contribution is 2.28. The summed E-state index contributed by atoms with van der Waals surface area (Å²) in [6.07, 6.45) is 6.79. The third-order valence-electron chi connectivity index (χ3n) is 3.67. The second-order valence-corrected chi connectivity index (χ2v) is 5.25. The molecule has 0 aliphatic heterocycles. The molecule has 1 fully saturated rings. The fourth-order valence-corrected chi connectivity index (χ4v) is 2.75. The van der Waals surface area contributed by atoms with Crippen molar-refractivity contribution in [1.82, 2.24) is 14.9 Å². The lowest BCUT2D eigenvalue weighted by Gasteiger charge is -2.24. The van der Waals surface area contributed by atoms with Gasteiger partial charge in [0.1, 0.15) is 6.33 Å². The molecule has 1 aliphatic carbocycles. The Morgan fingerprint density at radius 2 is 2.16 bits per heavy atom. The van der Waals surface area contributed by atoms with Crippen molar-refractivity contribution in [2.75, 3.05) is 32.6 Å². The highest BCUT2D eigenvalue weighted by atomic mass is 35.5. The lowest BCUT2D eigenvalue weighted by molar-refractivity contribution is 0.254. The van der Waals surface area contributed by atoms with Crippen LogP contribution in [0.15, 0.2) is 6.33 Å². The van der Waals surface area contributed by atoms with Gasteiger partial charge < -0.3 is 15.0 Å². The van der Waals surface area contributed by atoms with E-state index < -0.39 is 0 Å². The molecule has 0 bridgehead atoms. The molecule has 0 aromatic carbocycles. The zero-order chi connectivity index (χ0) is 13.7. The molecule has 1 aliphatic rings. The van der Waals surface area contributed by atoms with Crippen molar-refractivity contribution in [2.45, 2.75) is 31.7 Å². The van der Waals surface area contributed by atoms with Gasteiger partial charge in [-0.25, -0.2) is 9.97 Å². The van der Waals surface area contributed by atoms with E-state index in [4.69, 9.17) is 16.3 Å². The number of aromatic nitrogens is 2. The van der Waals surface area contributed by atoms with Crippen molar-refractivity contribution < 1.29 is 4.74 Å². The molecular weight excluding hydrogens is 264 g/mol. The second-order valence-electron chi connectivity index (χ2n) is 4.89. The Bertz CT molecular complexity index is 410. The van der Waals surface area contributed by atoms with Crippen LogP contribution in [-0.2, 0) is 0 Å². The maximum Gasteiger partial charge on any atom is 0.198 e. The van der Waals surface area contributed by atoms with Crippen LogP contribution in [0, 0.1) is 0 Å². The summed E-state index contributed by atoms with van der Waals surface area (Å²) in [7, 11) is 3.75. The Kier molecular flexibility index (Phi) is 5.22. The van der Waals surface area contributed by atoms with Gasteiger partial charge in [-0.1, -0.05) is 24.4 Å². The van der Waals surface area contributed by atoms with Crippen molar-refractivity contribution in [3.05, 3.63) is 11.5 Å². The number of ether oxygens (including phenoxy) is 1. The standard InChI is InChI=1S/C13H21ClN4O/c1-18(10-5-3-4-6-10)8-7-15-13-11(19-2)12(14)16-9-17-13/h9-10H,3-8H2,1-2H3,(H,15,16,17). The van der Waals surface area contributed by atoms with Crippen LogP contribution in [0.1, 0.15) is 25.7 Å². The van der Waals surface area contributed by atoms with Gasteiger partial charge in [0, 0.05) is 19.1 Å². The first-order valence-corrected chi connectivity index (χ1v) is 7.08. The van der Waals surface area contributed by atoms with Gasteiger partial charge in [0.05, 0.1) is 7.11 Å². The topological polar surface area (TPSA) is 50.3 Å². The number of hydrogen-bond acceptors (Lipinski definition) is 5. The Hall–Kier alpha value is -1.07. The summed E-state index contributed by atoms with van der Waals surface area (Å²) < 4.78 is 5.20. The van der Waals surface area contributed by atoms with E-state index in [1.807, 2.05) is 0 Å². The number of hydrogen-bond donors (Lipinski definition) is 1. The molecule has 0 unspecified atom stereocenters. The molecule has 5 nitrogen and oxygen atoms in total. The smallest absolute Gasteiger partial charge is 0.198 e.